The molecule has 0 radical (unpaired) electrons. The number of amides is 3. The summed E-state index contributed by atoms with van der Waals surface area (Å²) in [6, 6.07) is -4.87. The maximum absolute atomic E-state index is 12.8. The van der Waals surface area contributed by atoms with Crippen molar-refractivity contribution in [1.82, 2.24) is 16.0 Å². The van der Waals surface area contributed by atoms with Crippen LogP contribution in [0, 0.1) is 5.92 Å². The number of aliphatic hydroxyl groups excluding tert-OH is 1. The van der Waals surface area contributed by atoms with Gasteiger partial charge < -0.3 is 42.7 Å². The summed E-state index contributed by atoms with van der Waals surface area (Å²) in [6.45, 7) is 3.05. The number of carboxylic acids is 2. The number of nitrogens with two attached hydrogens (primary N) is 2. The lowest BCUT2D eigenvalue weighted by Crippen LogP contribution is -2.58. The standard InChI is InChI=1S/C19H35N5O8/c1-10(2)15(24-16(28)11(21)9-25)18(30)22-12(5-3-4-8-20)17(29)23-13(19(31)32)6-7-14(26)27/h10-13,15,25H,3-9,20-21H2,1-2H3,(H,22,30)(H,23,29)(H,24,28)(H,26,27)(H,31,32). The summed E-state index contributed by atoms with van der Waals surface area (Å²) in [5.74, 6) is -5.24. The van der Waals surface area contributed by atoms with E-state index in [-0.39, 0.29) is 18.8 Å². The maximum atomic E-state index is 12.8. The molecule has 0 saturated carbocycles. The van der Waals surface area contributed by atoms with E-state index in [9.17, 15) is 29.1 Å². The molecule has 0 aromatic rings. The number of unbranched alkanes of at least 4 members (excludes halogenated alkanes) is 1. The first-order chi connectivity index (χ1) is 14.9. The van der Waals surface area contributed by atoms with Crippen LogP contribution in [0.5, 0.6) is 0 Å². The van der Waals surface area contributed by atoms with Gasteiger partial charge in [-0.05, 0) is 38.1 Å². The van der Waals surface area contributed by atoms with Crippen molar-refractivity contribution < 1.29 is 39.3 Å². The summed E-state index contributed by atoms with van der Waals surface area (Å²) < 4.78 is 0. The van der Waals surface area contributed by atoms with Crippen molar-refractivity contribution in [3.63, 3.8) is 0 Å². The molecular formula is C19H35N5O8. The van der Waals surface area contributed by atoms with Crippen LogP contribution in [0.4, 0.5) is 0 Å². The Labute approximate surface area is 186 Å². The highest BCUT2D eigenvalue weighted by molar-refractivity contribution is 5.94. The van der Waals surface area contributed by atoms with E-state index in [1.807, 2.05) is 0 Å². The summed E-state index contributed by atoms with van der Waals surface area (Å²) >= 11 is 0. The number of hydrogen-bond donors (Lipinski definition) is 8. The highest BCUT2D eigenvalue weighted by Gasteiger charge is 2.31. The molecule has 0 aromatic carbocycles. The van der Waals surface area contributed by atoms with E-state index in [4.69, 9.17) is 21.7 Å². The molecule has 10 N–H and O–H groups in total. The highest BCUT2D eigenvalue weighted by Crippen LogP contribution is 2.07. The zero-order chi connectivity index (χ0) is 24.8. The van der Waals surface area contributed by atoms with E-state index in [1.165, 1.54) is 0 Å². The second-order valence-corrected chi connectivity index (χ2v) is 7.70. The van der Waals surface area contributed by atoms with Gasteiger partial charge in [0.15, 0.2) is 0 Å². The Bertz CT molecular complexity index is 658. The molecule has 0 aliphatic carbocycles. The molecule has 13 nitrogen and oxygen atoms in total. The zero-order valence-electron chi connectivity index (χ0n) is 18.4. The summed E-state index contributed by atoms with van der Waals surface area (Å²) in [5, 5.41) is 34.2. The SMILES string of the molecule is CC(C)C(NC(=O)C(N)CO)C(=O)NC(CCCCN)C(=O)NC(CCC(=O)O)C(=O)O. The number of aliphatic hydroxyl groups is 1. The number of carbonyl (C=O) groups excluding carboxylic acids is 3. The summed E-state index contributed by atoms with van der Waals surface area (Å²) in [4.78, 5) is 59.6. The van der Waals surface area contributed by atoms with Crippen LogP contribution in [0.3, 0.4) is 0 Å². The predicted octanol–water partition coefficient (Wildman–Crippen LogP) is -2.51. The molecule has 32 heavy (non-hydrogen) atoms. The molecule has 0 bridgehead atoms. The molecule has 0 saturated heterocycles. The van der Waals surface area contributed by atoms with Crippen LogP contribution >= 0.6 is 0 Å². The van der Waals surface area contributed by atoms with Gasteiger partial charge >= 0.3 is 11.9 Å². The van der Waals surface area contributed by atoms with E-state index in [1.54, 1.807) is 13.8 Å². The smallest absolute Gasteiger partial charge is 0.326 e. The first-order valence-electron chi connectivity index (χ1n) is 10.4. The normalized spacial score (nSPS) is 14.7. The van der Waals surface area contributed by atoms with E-state index in [0.29, 0.717) is 19.4 Å². The van der Waals surface area contributed by atoms with Crippen LogP contribution in [-0.2, 0) is 24.0 Å². The van der Waals surface area contributed by atoms with E-state index < -0.39 is 66.9 Å². The minimum absolute atomic E-state index is 0.148. The molecule has 3 amide bonds. The highest BCUT2D eigenvalue weighted by atomic mass is 16.4. The third kappa shape index (κ3) is 11.0. The van der Waals surface area contributed by atoms with E-state index in [2.05, 4.69) is 16.0 Å². The lowest BCUT2D eigenvalue weighted by atomic mass is 10.0. The van der Waals surface area contributed by atoms with Crippen LogP contribution in [-0.4, -0.2) is 82.3 Å². The Hall–Kier alpha value is -2.77. The molecular weight excluding hydrogens is 426 g/mol. The molecule has 0 aliphatic rings. The van der Waals surface area contributed by atoms with Crippen LogP contribution in [0.25, 0.3) is 0 Å². The van der Waals surface area contributed by atoms with Crippen molar-refractivity contribution in [2.75, 3.05) is 13.2 Å². The Kier molecular flexibility index (Phi) is 13.8. The molecule has 13 heteroatoms. The molecule has 0 heterocycles. The Morgan fingerprint density at radius 2 is 1.44 bits per heavy atom. The first-order valence-corrected chi connectivity index (χ1v) is 10.4. The molecule has 0 rings (SSSR count). The van der Waals surface area contributed by atoms with Gasteiger partial charge in [-0.2, -0.15) is 0 Å². The van der Waals surface area contributed by atoms with Crippen molar-refractivity contribution in [3.05, 3.63) is 0 Å². The second-order valence-electron chi connectivity index (χ2n) is 7.70. The monoisotopic (exact) mass is 461 g/mol. The topological polar surface area (TPSA) is 234 Å². The van der Waals surface area contributed by atoms with E-state index >= 15 is 0 Å². The van der Waals surface area contributed by atoms with Crippen molar-refractivity contribution in [2.24, 2.45) is 17.4 Å². The van der Waals surface area contributed by atoms with Gasteiger partial charge in [0.1, 0.15) is 24.2 Å². The number of aliphatic carboxylic acids is 2. The average Bonchev–Trinajstić information content (AvgIpc) is 2.72. The third-order valence-corrected chi connectivity index (χ3v) is 4.62. The second kappa shape index (κ2) is 15.1. The van der Waals surface area contributed by atoms with Gasteiger partial charge in [-0.3, -0.25) is 19.2 Å². The quantitative estimate of drug-likeness (QED) is 0.112. The van der Waals surface area contributed by atoms with Gasteiger partial charge in [-0.15, -0.1) is 0 Å². The minimum atomic E-state index is -1.45. The third-order valence-electron chi connectivity index (χ3n) is 4.62. The molecule has 4 unspecified atom stereocenters. The van der Waals surface area contributed by atoms with Gasteiger partial charge in [0.25, 0.3) is 0 Å². The van der Waals surface area contributed by atoms with Crippen molar-refractivity contribution in [3.8, 4) is 0 Å². The van der Waals surface area contributed by atoms with Gasteiger partial charge in [0, 0.05) is 6.42 Å². The number of carbonyl (C=O) groups is 5. The largest absolute Gasteiger partial charge is 0.481 e. The number of carboxylic acid groups (broad SMARTS) is 2. The Balaban J connectivity index is 5.41. The molecule has 0 aliphatic heterocycles. The minimum Gasteiger partial charge on any atom is -0.481 e. The lowest BCUT2D eigenvalue weighted by Gasteiger charge is -2.26. The van der Waals surface area contributed by atoms with Crippen LogP contribution in [0.1, 0.15) is 46.0 Å². The number of hydrogen-bond acceptors (Lipinski definition) is 8. The fourth-order valence-corrected chi connectivity index (χ4v) is 2.70. The predicted molar refractivity (Wildman–Crippen MR) is 113 cm³/mol. The molecule has 4 atom stereocenters. The van der Waals surface area contributed by atoms with Crippen molar-refractivity contribution in [2.45, 2.75) is 70.1 Å². The first kappa shape index (κ1) is 29.2. The number of rotatable bonds is 16. The van der Waals surface area contributed by atoms with Gasteiger partial charge in [0.05, 0.1) is 6.61 Å². The molecule has 0 spiro atoms. The fraction of sp³-hybridized carbons (Fsp3) is 0.737. The van der Waals surface area contributed by atoms with Crippen LogP contribution in [0.2, 0.25) is 0 Å². The molecule has 0 fully saturated rings. The fourth-order valence-electron chi connectivity index (χ4n) is 2.70. The van der Waals surface area contributed by atoms with Crippen molar-refractivity contribution >= 4 is 29.7 Å². The Morgan fingerprint density at radius 3 is 1.91 bits per heavy atom. The zero-order valence-corrected chi connectivity index (χ0v) is 18.4. The van der Waals surface area contributed by atoms with Crippen LogP contribution in [0.15, 0.2) is 0 Å². The molecule has 184 valence electrons. The Morgan fingerprint density at radius 1 is 0.844 bits per heavy atom. The average molecular weight is 462 g/mol. The van der Waals surface area contributed by atoms with Crippen molar-refractivity contribution in [1.29, 1.82) is 0 Å². The summed E-state index contributed by atoms with van der Waals surface area (Å²) in [7, 11) is 0. The van der Waals surface area contributed by atoms with E-state index in [0.717, 1.165) is 0 Å². The van der Waals surface area contributed by atoms with Crippen LogP contribution < -0.4 is 27.4 Å². The maximum Gasteiger partial charge on any atom is 0.326 e. The van der Waals surface area contributed by atoms with Gasteiger partial charge in [0.2, 0.25) is 17.7 Å². The summed E-state index contributed by atoms with van der Waals surface area (Å²) in [6.07, 6.45) is 0.360. The van der Waals surface area contributed by atoms with Gasteiger partial charge in [-0.25, -0.2) is 4.79 Å². The number of nitrogens with one attached hydrogen (secondary N) is 3. The van der Waals surface area contributed by atoms with Gasteiger partial charge in [-0.1, -0.05) is 13.8 Å². The summed E-state index contributed by atoms with van der Waals surface area (Å²) in [5.41, 5.74) is 10.9. The molecule has 0 aromatic heterocycles. The lowest BCUT2D eigenvalue weighted by molar-refractivity contribution is -0.143.